The molecule has 1 unspecified atom stereocenters. The molecule has 1 aromatic carbocycles. The third-order valence-corrected chi connectivity index (χ3v) is 3.26. The lowest BCUT2D eigenvalue weighted by Gasteiger charge is -2.20. The number of nitrogens with zero attached hydrogens (tertiary/aromatic N) is 2. The van der Waals surface area contributed by atoms with E-state index in [4.69, 9.17) is 20.9 Å². The van der Waals surface area contributed by atoms with E-state index in [2.05, 4.69) is 10.3 Å². The Bertz CT molecular complexity index is 700. The average Bonchev–Trinajstić information content (AvgIpc) is 2.58. The van der Waals surface area contributed by atoms with Crippen molar-refractivity contribution in [1.82, 2.24) is 4.98 Å². The van der Waals surface area contributed by atoms with Crippen molar-refractivity contribution in [2.24, 2.45) is 0 Å². The number of pyridine rings is 1. The van der Waals surface area contributed by atoms with Crippen LogP contribution in [0.25, 0.3) is 0 Å². The Morgan fingerprint density at radius 1 is 1.25 bits per heavy atom. The van der Waals surface area contributed by atoms with E-state index in [-0.39, 0.29) is 23.3 Å². The normalized spacial score (nSPS) is 11.5. The quantitative estimate of drug-likeness (QED) is 0.503. The van der Waals surface area contributed by atoms with Crippen molar-refractivity contribution < 1.29 is 9.47 Å². The van der Waals surface area contributed by atoms with E-state index in [1.165, 1.54) is 6.07 Å². The summed E-state index contributed by atoms with van der Waals surface area (Å²) in [7, 11) is 0. The van der Waals surface area contributed by atoms with Gasteiger partial charge >= 0.3 is 0 Å². The van der Waals surface area contributed by atoms with Crippen LogP contribution in [0.2, 0.25) is 0 Å². The van der Waals surface area contributed by atoms with Gasteiger partial charge in [-0.3, -0.25) is 0 Å². The van der Waals surface area contributed by atoms with Crippen LogP contribution in [-0.4, -0.2) is 24.4 Å². The molecule has 2 aromatic rings. The monoisotopic (exact) mass is 327 g/mol. The van der Waals surface area contributed by atoms with Crippen molar-refractivity contribution in [3.63, 3.8) is 0 Å². The molecule has 1 aromatic heterocycles. The van der Waals surface area contributed by atoms with E-state index in [9.17, 15) is 5.26 Å². The fraction of sp³-hybridized carbons (Fsp3) is 0.294. The molecule has 7 heteroatoms. The molecule has 0 saturated heterocycles. The molecule has 0 spiro atoms. The number of ether oxygens (including phenoxy) is 2. The summed E-state index contributed by atoms with van der Waals surface area (Å²) >= 11 is 0. The number of benzene rings is 1. The molecule has 24 heavy (non-hydrogen) atoms. The second-order valence-corrected chi connectivity index (χ2v) is 5.05. The molecule has 126 valence electrons. The maximum Gasteiger partial charge on any atom is 0.150 e. The highest BCUT2D eigenvalue weighted by atomic mass is 16.5. The molecule has 0 bridgehead atoms. The third kappa shape index (κ3) is 4.76. The molecule has 0 aliphatic rings. The van der Waals surface area contributed by atoms with Crippen LogP contribution < -0.4 is 21.5 Å². The maximum atomic E-state index is 9.20. The molecular weight excluding hydrogens is 306 g/mol. The Hall–Kier alpha value is -2.98. The highest BCUT2D eigenvalue weighted by Gasteiger charge is 2.14. The van der Waals surface area contributed by atoms with Gasteiger partial charge in [0.15, 0.2) is 0 Å². The zero-order valence-corrected chi connectivity index (χ0v) is 13.5. The van der Waals surface area contributed by atoms with Crippen molar-refractivity contribution >= 4 is 17.3 Å². The Morgan fingerprint density at radius 3 is 2.67 bits per heavy atom. The molecule has 1 atom stereocenters. The first-order valence-electron chi connectivity index (χ1n) is 7.66. The molecule has 0 radical (unpaired) electrons. The van der Waals surface area contributed by atoms with E-state index in [1.54, 1.807) is 0 Å². The summed E-state index contributed by atoms with van der Waals surface area (Å²) in [4.78, 5) is 4.12. The lowest BCUT2D eigenvalue weighted by atomic mass is 10.2. The van der Waals surface area contributed by atoms with Crippen LogP contribution in [0, 0.1) is 11.3 Å². The van der Waals surface area contributed by atoms with Gasteiger partial charge in [-0.15, -0.1) is 0 Å². The minimum Gasteiger partial charge on any atom is -0.491 e. The van der Waals surface area contributed by atoms with Crippen LogP contribution in [0.15, 0.2) is 36.4 Å². The molecule has 7 nitrogen and oxygen atoms in total. The van der Waals surface area contributed by atoms with Crippen molar-refractivity contribution in [3.8, 4) is 11.8 Å². The Kier molecular flexibility index (Phi) is 6.23. The van der Waals surface area contributed by atoms with E-state index < -0.39 is 0 Å². The van der Waals surface area contributed by atoms with Gasteiger partial charge in [-0.2, -0.15) is 5.26 Å². The molecular formula is C17H21N5O2. The number of rotatable bonds is 8. The van der Waals surface area contributed by atoms with Gasteiger partial charge in [0.2, 0.25) is 0 Å². The molecule has 5 N–H and O–H groups in total. The molecule has 2 rings (SSSR count). The summed E-state index contributed by atoms with van der Waals surface area (Å²) in [6, 6.07) is 13.0. The molecule has 1 heterocycles. The van der Waals surface area contributed by atoms with E-state index in [1.807, 2.05) is 43.3 Å². The first-order valence-corrected chi connectivity index (χ1v) is 7.66. The summed E-state index contributed by atoms with van der Waals surface area (Å²) < 4.78 is 11.3. The zero-order valence-electron chi connectivity index (χ0n) is 13.5. The Labute approximate surface area is 141 Å². The fourth-order valence-corrected chi connectivity index (χ4v) is 2.09. The third-order valence-electron chi connectivity index (χ3n) is 3.26. The van der Waals surface area contributed by atoms with Gasteiger partial charge in [-0.1, -0.05) is 25.1 Å². The molecule has 0 aliphatic heterocycles. The Balaban J connectivity index is 1.90. The van der Waals surface area contributed by atoms with Crippen molar-refractivity contribution in [3.05, 3.63) is 42.0 Å². The van der Waals surface area contributed by atoms with Crippen LogP contribution in [-0.2, 0) is 4.74 Å². The lowest BCUT2D eigenvalue weighted by molar-refractivity contribution is 0.0476. The predicted octanol–water partition coefficient (Wildman–Crippen LogP) is 2.36. The summed E-state index contributed by atoms with van der Waals surface area (Å²) in [6.07, 6.45) is 0.345. The largest absolute Gasteiger partial charge is 0.491 e. The van der Waals surface area contributed by atoms with Gasteiger partial charge in [-0.05, 0) is 18.6 Å². The summed E-state index contributed by atoms with van der Waals surface area (Å²) in [6.45, 7) is 2.76. The zero-order chi connectivity index (χ0) is 17.4. The van der Waals surface area contributed by atoms with Gasteiger partial charge in [0.1, 0.15) is 41.9 Å². The molecule has 0 fully saturated rings. The topological polar surface area (TPSA) is 119 Å². The van der Waals surface area contributed by atoms with Crippen LogP contribution in [0.3, 0.4) is 0 Å². The van der Waals surface area contributed by atoms with Gasteiger partial charge in [0, 0.05) is 6.07 Å². The summed E-state index contributed by atoms with van der Waals surface area (Å²) in [5.41, 5.74) is 12.0. The van der Waals surface area contributed by atoms with Crippen molar-refractivity contribution in [1.29, 1.82) is 5.26 Å². The number of nitrogens with one attached hydrogen (secondary N) is 1. The van der Waals surface area contributed by atoms with Crippen LogP contribution in [0.1, 0.15) is 18.9 Å². The van der Waals surface area contributed by atoms with Gasteiger partial charge in [-0.25, -0.2) is 4.98 Å². The van der Waals surface area contributed by atoms with E-state index in [0.717, 1.165) is 5.75 Å². The molecule has 0 aliphatic carbocycles. The molecule has 0 amide bonds. The van der Waals surface area contributed by atoms with E-state index >= 15 is 0 Å². The maximum absolute atomic E-state index is 9.20. The number of anilines is 3. The van der Waals surface area contributed by atoms with Crippen molar-refractivity contribution in [2.75, 3.05) is 30.0 Å². The summed E-state index contributed by atoms with van der Waals surface area (Å²) in [5.74, 6) is 1.36. The smallest absolute Gasteiger partial charge is 0.150 e. The number of nitrogen functional groups attached to an aromatic ring is 2. The SMILES string of the molecule is CCC(Nc1nc(N)cc(N)c1C#N)OCCOc1ccccc1. The minimum absolute atomic E-state index is 0.247. The predicted molar refractivity (Wildman–Crippen MR) is 93.4 cm³/mol. The van der Waals surface area contributed by atoms with Crippen LogP contribution in [0.4, 0.5) is 17.3 Å². The number of para-hydroxylation sites is 1. The van der Waals surface area contributed by atoms with Gasteiger partial charge in [0.25, 0.3) is 0 Å². The standard InChI is InChI=1S/C17H21N5O2/c1-2-16(24-9-8-23-12-6-4-3-5-7-12)22-17-13(11-18)14(19)10-15(20)21-17/h3-7,10,16H,2,8-9H2,1H3,(H5,19,20,21,22). The van der Waals surface area contributed by atoms with Crippen LogP contribution >= 0.6 is 0 Å². The number of nitriles is 1. The second kappa shape index (κ2) is 8.60. The average molecular weight is 327 g/mol. The number of aromatic nitrogens is 1. The molecule has 0 saturated carbocycles. The first-order chi connectivity index (χ1) is 11.6. The Morgan fingerprint density at radius 2 is 2.00 bits per heavy atom. The van der Waals surface area contributed by atoms with E-state index in [0.29, 0.717) is 25.5 Å². The first kappa shape index (κ1) is 17.4. The number of hydrogen-bond acceptors (Lipinski definition) is 7. The van der Waals surface area contributed by atoms with Gasteiger partial charge in [0.05, 0.1) is 12.3 Å². The minimum atomic E-state index is -0.329. The lowest BCUT2D eigenvalue weighted by Crippen LogP contribution is -2.26. The highest BCUT2D eigenvalue weighted by molar-refractivity contribution is 5.69. The number of hydrogen-bond donors (Lipinski definition) is 3. The van der Waals surface area contributed by atoms with Crippen molar-refractivity contribution in [2.45, 2.75) is 19.6 Å². The fourth-order valence-electron chi connectivity index (χ4n) is 2.09. The summed E-state index contributed by atoms with van der Waals surface area (Å²) in [5, 5.41) is 12.3. The number of nitrogens with two attached hydrogens (primary N) is 2. The highest BCUT2D eigenvalue weighted by Crippen LogP contribution is 2.22. The van der Waals surface area contributed by atoms with Crippen LogP contribution in [0.5, 0.6) is 5.75 Å². The van der Waals surface area contributed by atoms with Gasteiger partial charge < -0.3 is 26.3 Å². The second-order valence-electron chi connectivity index (χ2n) is 5.05.